The fourth-order valence-electron chi connectivity index (χ4n) is 2.74. The van der Waals surface area contributed by atoms with Crippen LogP contribution in [-0.2, 0) is 0 Å². The molecule has 0 saturated heterocycles. The molecule has 1 N–H and O–H groups in total. The van der Waals surface area contributed by atoms with Crippen molar-refractivity contribution in [3.63, 3.8) is 0 Å². The van der Waals surface area contributed by atoms with E-state index in [1.807, 2.05) is 6.07 Å². The molecule has 0 spiro atoms. The van der Waals surface area contributed by atoms with E-state index in [9.17, 15) is 0 Å². The summed E-state index contributed by atoms with van der Waals surface area (Å²) in [6, 6.07) is 6.22. The first-order valence-corrected chi connectivity index (χ1v) is 6.01. The van der Waals surface area contributed by atoms with Crippen LogP contribution in [0.4, 0.5) is 5.69 Å². The number of oxime groups is 1. The Morgan fingerprint density at radius 2 is 2.18 bits per heavy atom. The van der Waals surface area contributed by atoms with E-state index in [4.69, 9.17) is 5.21 Å². The molecule has 2 rings (SSSR count). The summed E-state index contributed by atoms with van der Waals surface area (Å²) in [6.45, 7) is 6.80. The van der Waals surface area contributed by atoms with Gasteiger partial charge in [-0.25, -0.2) is 0 Å². The van der Waals surface area contributed by atoms with Crippen LogP contribution < -0.4 is 4.90 Å². The van der Waals surface area contributed by atoms with Crippen LogP contribution in [0.5, 0.6) is 0 Å². The smallest absolute Gasteiger partial charge is 0.0733 e. The zero-order valence-corrected chi connectivity index (χ0v) is 10.9. The number of nitrogens with zero attached hydrogens (tertiary/aromatic N) is 2. The SMILES string of the molecule is C[C@H]1CC(C)(C)N(C)c2ccc(C=NO)cc21. The van der Waals surface area contributed by atoms with Crippen molar-refractivity contribution in [3.05, 3.63) is 29.3 Å². The molecule has 3 nitrogen and oxygen atoms in total. The molecule has 1 aliphatic heterocycles. The monoisotopic (exact) mass is 232 g/mol. The third kappa shape index (κ3) is 2.02. The van der Waals surface area contributed by atoms with Crippen LogP contribution in [0, 0.1) is 0 Å². The molecule has 1 aromatic carbocycles. The molecule has 1 aromatic rings. The van der Waals surface area contributed by atoms with Gasteiger partial charge in [-0.05, 0) is 49.4 Å². The summed E-state index contributed by atoms with van der Waals surface area (Å²) in [5, 5.41) is 11.7. The molecule has 0 aromatic heterocycles. The van der Waals surface area contributed by atoms with Crippen LogP contribution >= 0.6 is 0 Å². The van der Waals surface area contributed by atoms with Gasteiger partial charge in [0.1, 0.15) is 0 Å². The Bertz CT molecular complexity index is 452. The van der Waals surface area contributed by atoms with Crippen molar-refractivity contribution >= 4 is 11.9 Å². The van der Waals surface area contributed by atoms with Crippen molar-refractivity contribution in [3.8, 4) is 0 Å². The van der Waals surface area contributed by atoms with Crippen molar-refractivity contribution < 1.29 is 5.21 Å². The molecular weight excluding hydrogens is 212 g/mol. The Balaban J connectivity index is 2.49. The van der Waals surface area contributed by atoms with Gasteiger partial charge in [0.05, 0.1) is 6.21 Å². The summed E-state index contributed by atoms with van der Waals surface area (Å²) in [4.78, 5) is 2.34. The van der Waals surface area contributed by atoms with E-state index >= 15 is 0 Å². The molecule has 1 atom stereocenters. The zero-order valence-electron chi connectivity index (χ0n) is 10.9. The summed E-state index contributed by atoms with van der Waals surface area (Å²) in [6.07, 6.45) is 2.61. The second kappa shape index (κ2) is 4.06. The average molecular weight is 232 g/mol. The Labute approximate surface area is 103 Å². The fraction of sp³-hybridized carbons (Fsp3) is 0.500. The van der Waals surface area contributed by atoms with E-state index in [-0.39, 0.29) is 5.54 Å². The topological polar surface area (TPSA) is 35.8 Å². The van der Waals surface area contributed by atoms with Gasteiger partial charge >= 0.3 is 0 Å². The Morgan fingerprint density at radius 1 is 1.47 bits per heavy atom. The highest BCUT2D eigenvalue weighted by atomic mass is 16.4. The van der Waals surface area contributed by atoms with Crippen LogP contribution in [-0.4, -0.2) is 24.0 Å². The van der Waals surface area contributed by atoms with Gasteiger partial charge in [0.25, 0.3) is 0 Å². The molecule has 17 heavy (non-hydrogen) atoms. The van der Waals surface area contributed by atoms with E-state index in [1.165, 1.54) is 17.5 Å². The van der Waals surface area contributed by atoms with Crippen molar-refractivity contribution in [2.45, 2.75) is 38.6 Å². The number of hydrogen-bond donors (Lipinski definition) is 1. The van der Waals surface area contributed by atoms with Crippen molar-refractivity contribution in [1.29, 1.82) is 0 Å². The van der Waals surface area contributed by atoms with Gasteiger partial charge < -0.3 is 10.1 Å². The molecular formula is C14H20N2O. The maximum Gasteiger partial charge on any atom is 0.0733 e. The van der Waals surface area contributed by atoms with Crippen LogP contribution in [0.2, 0.25) is 0 Å². The first kappa shape index (κ1) is 12.0. The zero-order chi connectivity index (χ0) is 12.6. The van der Waals surface area contributed by atoms with Crippen LogP contribution in [0.15, 0.2) is 23.4 Å². The first-order valence-electron chi connectivity index (χ1n) is 6.01. The molecule has 3 heteroatoms. The van der Waals surface area contributed by atoms with E-state index < -0.39 is 0 Å². The van der Waals surface area contributed by atoms with Gasteiger partial charge in [-0.15, -0.1) is 0 Å². The Kier molecular flexibility index (Phi) is 2.86. The molecule has 92 valence electrons. The van der Waals surface area contributed by atoms with Crippen LogP contribution in [0.25, 0.3) is 0 Å². The maximum atomic E-state index is 8.58. The third-order valence-electron chi connectivity index (χ3n) is 3.86. The van der Waals surface area contributed by atoms with E-state index in [0.29, 0.717) is 5.92 Å². The molecule has 0 amide bonds. The van der Waals surface area contributed by atoms with Gasteiger partial charge in [0, 0.05) is 18.3 Å². The average Bonchev–Trinajstić information content (AvgIpc) is 2.26. The summed E-state index contributed by atoms with van der Waals surface area (Å²) in [5.41, 5.74) is 3.76. The molecule has 0 bridgehead atoms. The number of benzene rings is 1. The maximum absolute atomic E-state index is 8.58. The lowest BCUT2D eigenvalue weighted by Gasteiger charge is -2.45. The summed E-state index contributed by atoms with van der Waals surface area (Å²) >= 11 is 0. The van der Waals surface area contributed by atoms with Gasteiger partial charge in [-0.1, -0.05) is 18.1 Å². The van der Waals surface area contributed by atoms with Crippen LogP contribution in [0.3, 0.4) is 0 Å². The third-order valence-corrected chi connectivity index (χ3v) is 3.86. The lowest BCUT2D eigenvalue weighted by molar-refractivity contribution is 0.322. The highest BCUT2D eigenvalue weighted by molar-refractivity contribution is 5.81. The molecule has 0 fully saturated rings. The second-order valence-electron chi connectivity index (χ2n) is 5.54. The Hall–Kier alpha value is -1.51. The molecule has 0 radical (unpaired) electrons. The fourth-order valence-corrected chi connectivity index (χ4v) is 2.74. The number of anilines is 1. The highest BCUT2D eigenvalue weighted by Crippen LogP contribution is 2.42. The standard InChI is InChI=1S/C14H20N2O/c1-10-8-14(2,3)16(4)13-6-5-11(9-15-17)7-12(10)13/h5-7,9-10,17H,8H2,1-4H3/t10-/m0/s1. The lowest BCUT2D eigenvalue weighted by Crippen LogP contribution is -2.45. The summed E-state index contributed by atoms with van der Waals surface area (Å²) < 4.78 is 0. The number of rotatable bonds is 1. The van der Waals surface area contributed by atoms with Crippen molar-refractivity contribution in [2.24, 2.45) is 5.16 Å². The van der Waals surface area contributed by atoms with Gasteiger partial charge in [0.2, 0.25) is 0 Å². The largest absolute Gasteiger partial charge is 0.411 e. The minimum atomic E-state index is 0.193. The minimum Gasteiger partial charge on any atom is -0.411 e. The van der Waals surface area contributed by atoms with Gasteiger partial charge in [-0.3, -0.25) is 0 Å². The van der Waals surface area contributed by atoms with Gasteiger partial charge in [0.15, 0.2) is 0 Å². The minimum absolute atomic E-state index is 0.193. The first-order chi connectivity index (χ1) is 7.95. The van der Waals surface area contributed by atoms with Crippen molar-refractivity contribution in [2.75, 3.05) is 11.9 Å². The lowest BCUT2D eigenvalue weighted by atomic mass is 9.80. The van der Waals surface area contributed by atoms with Gasteiger partial charge in [-0.2, -0.15) is 0 Å². The molecule has 0 unspecified atom stereocenters. The van der Waals surface area contributed by atoms with E-state index in [0.717, 1.165) is 12.0 Å². The quantitative estimate of drug-likeness (QED) is 0.458. The summed E-state index contributed by atoms with van der Waals surface area (Å²) in [7, 11) is 2.14. The highest BCUT2D eigenvalue weighted by Gasteiger charge is 2.33. The summed E-state index contributed by atoms with van der Waals surface area (Å²) in [5.74, 6) is 0.531. The normalized spacial score (nSPS) is 22.8. The molecule has 0 aliphatic carbocycles. The molecule has 1 aliphatic rings. The number of hydrogen-bond acceptors (Lipinski definition) is 3. The van der Waals surface area contributed by atoms with Crippen LogP contribution in [0.1, 0.15) is 44.2 Å². The van der Waals surface area contributed by atoms with E-state index in [1.54, 1.807) is 0 Å². The predicted molar refractivity (Wildman–Crippen MR) is 71.3 cm³/mol. The molecule has 1 heterocycles. The second-order valence-corrected chi connectivity index (χ2v) is 5.54. The molecule has 0 saturated carbocycles. The van der Waals surface area contributed by atoms with Crippen molar-refractivity contribution in [1.82, 2.24) is 0 Å². The number of fused-ring (bicyclic) bond motifs is 1. The Morgan fingerprint density at radius 3 is 2.82 bits per heavy atom. The predicted octanol–water partition coefficient (Wildman–Crippen LogP) is 3.22. The van der Waals surface area contributed by atoms with E-state index in [2.05, 4.69) is 50.0 Å².